The number of rotatable bonds is 3. The van der Waals surface area contributed by atoms with Crippen LogP contribution in [0.15, 0.2) is 60.9 Å². The average molecular weight is 457 g/mol. The first kappa shape index (κ1) is 23.4. The molecule has 0 atom stereocenters. The summed E-state index contributed by atoms with van der Waals surface area (Å²) < 4.78 is 5.45. The fourth-order valence-electron chi connectivity index (χ4n) is 3.10. The van der Waals surface area contributed by atoms with Crippen LogP contribution >= 0.6 is 23.2 Å². The quantitative estimate of drug-likeness (QED) is 0.341. The van der Waals surface area contributed by atoms with Crippen LogP contribution in [0.2, 0.25) is 10.3 Å². The minimum Gasteiger partial charge on any atom is -0.386 e. The van der Waals surface area contributed by atoms with E-state index in [0.29, 0.717) is 10.3 Å². The lowest BCUT2D eigenvalue weighted by molar-refractivity contribution is 0.0193. The Labute approximate surface area is 192 Å². The van der Waals surface area contributed by atoms with Gasteiger partial charge in [-0.25, -0.2) is 9.97 Å². The van der Waals surface area contributed by atoms with Gasteiger partial charge in [0.2, 0.25) is 0 Å². The van der Waals surface area contributed by atoms with Gasteiger partial charge in [0.1, 0.15) is 10.3 Å². The summed E-state index contributed by atoms with van der Waals surface area (Å²) in [6.07, 6.45) is 3.50. The molecule has 162 valence electrons. The number of hydrogen-bond acceptors (Lipinski definition) is 4. The number of ether oxygens (including phenoxy) is 1. The van der Waals surface area contributed by atoms with E-state index in [9.17, 15) is 5.11 Å². The fourth-order valence-corrected chi connectivity index (χ4v) is 3.44. The Morgan fingerprint density at radius 3 is 1.61 bits per heavy atom. The molecule has 0 aliphatic heterocycles. The molecule has 2 heterocycles. The Morgan fingerprint density at radius 1 is 0.710 bits per heavy atom. The van der Waals surface area contributed by atoms with Crippen LogP contribution in [0.5, 0.6) is 0 Å². The molecule has 1 N–H and O–H groups in total. The van der Waals surface area contributed by atoms with E-state index in [1.54, 1.807) is 33.4 Å². The number of pyridine rings is 2. The van der Waals surface area contributed by atoms with Crippen LogP contribution in [-0.4, -0.2) is 22.2 Å². The van der Waals surface area contributed by atoms with Crippen LogP contribution in [-0.2, 0) is 15.9 Å². The summed E-state index contributed by atoms with van der Waals surface area (Å²) in [5, 5.41) is 15.0. The maximum atomic E-state index is 9.86. The van der Waals surface area contributed by atoms with Gasteiger partial charge in [-0.3, -0.25) is 0 Å². The molecule has 0 fully saturated rings. The van der Waals surface area contributed by atoms with E-state index in [-0.39, 0.29) is 5.60 Å². The number of aliphatic hydroxyl groups is 1. The summed E-state index contributed by atoms with van der Waals surface area (Å²) in [5.74, 6) is 0. The summed E-state index contributed by atoms with van der Waals surface area (Å²) in [5.41, 5.74) is 0.896. The van der Waals surface area contributed by atoms with Crippen LogP contribution in [0.25, 0.3) is 21.5 Å². The SMILES string of the molecule is CC(C)(O)c1ccc2cc(Cl)ncc2c1.COC(C)(C)c1ccc2cc(Cl)ncc2c1. The van der Waals surface area contributed by atoms with Crippen molar-refractivity contribution in [3.05, 3.63) is 82.4 Å². The third-order valence-electron chi connectivity index (χ3n) is 5.29. The number of benzene rings is 2. The van der Waals surface area contributed by atoms with Crippen molar-refractivity contribution in [3.8, 4) is 0 Å². The molecular formula is C25H26Cl2N2O2. The van der Waals surface area contributed by atoms with Crippen molar-refractivity contribution < 1.29 is 9.84 Å². The maximum absolute atomic E-state index is 9.86. The predicted octanol–water partition coefficient (Wildman–Crippen LogP) is 6.89. The van der Waals surface area contributed by atoms with Gasteiger partial charge in [-0.1, -0.05) is 47.5 Å². The Hall–Kier alpha value is -2.24. The number of nitrogens with zero attached hydrogens (tertiary/aromatic N) is 2. The molecule has 0 saturated heterocycles. The molecule has 2 aromatic carbocycles. The molecule has 31 heavy (non-hydrogen) atoms. The molecule has 0 radical (unpaired) electrons. The van der Waals surface area contributed by atoms with Crippen LogP contribution < -0.4 is 0 Å². The first-order chi connectivity index (χ1) is 14.5. The molecule has 6 heteroatoms. The van der Waals surface area contributed by atoms with Crippen LogP contribution in [0.1, 0.15) is 38.8 Å². The highest BCUT2D eigenvalue weighted by Crippen LogP contribution is 2.28. The van der Waals surface area contributed by atoms with E-state index in [1.165, 1.54) is 0 Å². The molecule has 0 spiro atoms. The summed E-state index contributed by atoms with van der Waals surface area (Å²) in [4.78, 5) is 8.10. The molecule has 0 bridgehead atoms. The molecule has 2 aromatic heterocycles. The number of methoxy groups -OCH3 is 1. The van der Waals surface area contributed by atoms with Crippen LogP contribution in [0, 0.1) is 0 Å². The first-order valence-corrected chi connectivity index (χ1v) is 10.6. The zero-order valence-electron chi connectivity index (χ0n) is 18.3. The minimum atomic E-state index is -0.826. The van der Waals surface area contributed by atoms with Crippen molar-refractivity contribution >= 4 is 44.7 Å². The van der Waals surface area contributed by atoms with Gasteiger partial charge in [0.15, 0.2) is 0 Å². The average Bonchev–Trinajstić information content (AvgIpc) is 2.72. The molecule has 0 saturated carbocycles. The van der Waals surface area contributed by atoms with Gasteiger partial charge in [-0.05, 0) is 73.9 Å². The van der Waals surface area contributed by atoms with E-state index in [1.807, 2.05) is 50.2 Å². The Balaban J connectivity index is 0.000000176. The maximum Gasteiger partial charge on any atom is 0.129 e. The van der Waals surface area contributed by atoms with Gasteiger partial charge in [-0.15, -0.1) is 0 Å². The fraction of sp³-hybridized carbons (Fsp3) is 0.280. The van der Waals surface area contributed by atoms with Crippen molar-refractivity contribution in [1.82, 2.24) is 9.97 Å². The van der Waals surface area contributed by atoms with E-state index in [0.717, 1.165) is 32.7 Å². The highest BCUT2D eigenvalue weighted by atomic mass is 35.5. The van der Waals surface area contributed by atoms with Gasteiger partial charge in [0.25, 0.3) is 0 Å². The van der Waals surface area contributed by atoms with E-state index in [2.05, 4.69) is 22.1 Å². The Kier molecular flexibility index (Phi) is 6.87. The lowest BCUT2D eigenvalue weighted by atomic mass is 9.96. The third-order valence-corrected chi connectivity index (χ3v) is 5.70. The Morgan fingerprint density at radius 2 is 1.16 bits per heavy atom. The molecule has 0 amide bonds. The highest BCUT2D eigenvalue weighted by Gasteiger charge is 2.19. The molecule has 0 aliphatic carbocycles. The summed E-state index contributed by atoms with van der Waals surface area (Å²) in [6, 6.07) is 15.6. The molecule has 0 aliphatic rings. The highest BCUT2D eigenvalue weighted by molar-refractivity contribution is 6.30. The smallest absolute Gasteiger partial charge is 0.129 e. The standard InChI is InChI=1S/C13H14ClNO.C12H12ClNO/c1-13(2,16-3)11-5-4-9-7-12(14)15-8-10(9)6-11;1-12(2,15)10-4-3-8-6-11(13)14-7-9(8)5-10/h4-8H,1-3H3;3-7,15H,1-2H3. The van der Waals surface area contributed by atoms with E-state index >= 15 is 0 Å². The number of aromatic nitrogens is 2. The second-order valence-electron chi connectivity index (χ2n) is 8.41. The van der Waals surface area contributed by atoms with Crippen molar-refractivity contribution in [1.29, 1.82) is 0 Å². The van der Waals surface area contributed by atoms with Crippen molar-refractivity contribution in [3.63, 3.8) is 0 Å². The minimum absolute atomic E-state index is 0.284. The van der Waals surface area contributed by atoms with Gasteiger partial charge < -0.3 is 9.84 Å². The van der Waals surface area contributed by atoms with Gasteiger partial charge in [-0.2, -0.15) is 0 Å². The molecule has 4 nitrogen and oxygen atoms in total. The van der Waals surface area contributed by atoms with Gasteiger partial charge >= 0.3 is 0 Å². The van der Waals surface area contributed by atoms with Crippen LogP contribution in [0.3, 0.4) is 0 Å². The zero-order valence-corrected chi connectivity index (χ0v) is 19.8. The van der Waals surface area contributed by atoms with Crippen molar-refractivity contribution in [2.45, 2.75) is 38.9 Å². The largest absolute Gasteiger partial charge is 0.386 e. The van der Waals surface area contributed by atoms with E-state index in [4.69, 9.17) is 27.9 Å². The second-order valence-corrected chi connectivity index (χ2v) is 9.19. The summed E-state index contributed by atoms with van der Waals surface area (Å²) >= 11 is 11.6. The van der Waals surface area contributed by atoms with Gasteiger partial charge in [0.05, 0.1) is 11.2 Å². The summed E-state index contributed by atoms with van der Waals surface area (Å²) in [7, 11) is 1.71. The third kappa shape index (κ3) is 5.72. The second kappa shape index (κ2) is 9.09. The molecule has 4 aromatic rings. The van der Waals surface area contributed by atoms with Crippen molar-refractivity contribution in [2.75, 3.05) is 7.11 Å². The number of fused-ring (bicyclic) bond motifs is 2. The molecule has 0 unspecified atom stereocenters. The lowest BCUT2D eigenvalue weighted by Crippen LogP contribution is -2.19. The Bertz CT molecular complexity index is 1220. The first-order valence-electron chi connectivity index (χ1n) is 9.89. The molecular weight excluding hydrogens is 431 g/mol. The molecule has 4 rings (SSSR count). The lowest BCUT2D eigenvalue weighted by Gasteiger charge is -2.23. The predicted molar refractivity (Wildman–Crippen MR) is 129 cm³/mol. The van der Waals surface area contributed by atoms with Crippen LogP contribution in [0.4, 0.5) is 0 Å². The number of hydrogen-bond donors (Lipinski definition) is 1. The normalized spacial score (nSPS) is 12.0. The summed E-state index contributed by atoms with van der Waals surface area (Å²) in [6.45, 7) is 7.60. The van der Waals surface area contributed by atoms with Gasteiger partial charge in [0, 0.05) is 30.3 Å². The van der Waals surface area contributed by atoms with Crippen molar-refractivity contribution in [2.24, 2.45) is 0 Å². The van der Waals surface area contributed by atoms with E-state index < -0.39 is 5.60 Å². The topological polar surface area (TPSA) is 55.2 Å². The monoisotopic (exact) mass is 456 g/mol. The number of halogens is 2. The zero-order chi connectivity index (χ0) is 22.8.